The lowest BCUT2D eigenvalue weighted by molar-refractivity contribution is 0.524. The third-order valence-corrected chi connectivity index (χ3v) is 6.99. The molecule has 2 heteroatoms. The van der Waals surface area contributed by atoms with Gasteiger partial charge in [-0.25, -0.2) is 4.98 Å². The molecule has 2 aromatic heterocycles. The Balaban J connectivity index is 1.63. The second-order valence-corrected chi connectivity index (χ2v) is 8.80. The number of pyridine rings is 1. The highest BCUT2D eigenvalue weighted by molar-refractivity contribution is 6.00. The summed E-state index contributed by atoms with van der Waals surface area (Å²) >= 11 is 0. The summed E-state index contributed by atoms with van der Waals surface area (Å²) < 4.78 is 2.32. The number of hydrogen-bond acceptors (Lipinski definition) is 1. The lowest BCUT2D eigenvalue weighted by Crippen LogP contribution is -2.13. The van der Waals surface area contributed by atoms with Crippen molar-refractivity contribution in [2.45, 2.75) is 25.7 Å². The molecule has 0 saturated heterocycles. The van der Waals surface area contributed by atoms with Gasteiger partial charge in [0.05, 0.1) is 16.6 Å². The van der Waals surface area contributed by atoms with Crippen LogP contribution in [0, 0.1) is 5.92 Å². The van der Waals surface area contributed by atoms with Crippen molar-refractivity contribution in [3.05, 3.63) is 108 Å². The fourth-order valence-corrected chi connectivity index (χ4v) is 5.43. The molecular weight excluding hydrogens is 388 g/mol. The smallest absolute Gasteiger partial charge is 0.146 e. The maximum atomic E-state index is 5.00. The Morgan fingerprint density at radius 2 is 2.00 bits per heavy atom. The molecule has 4 aromatic rings. The van der Waals surface area contributed by atoms with Crippen molar-refractivity contribution in [1.29, 1.82) is 0 Å². The van der Waals surface area contributed by atoms with Crippen LogP contribution in [0.3, 0.4) is 0 Å². The number of hydrogen-bond donors (Lipinski definition) is 0. The number of allylic oxidation sites excluding steroid dienone is 7. The van der Waals surface area contributed by atoms with E-state index in [0.29, 0.717) is 11.8 Å². The van der Waals surface area contributed by atoms with Gasteiger partial charge in [-0.3, -0.25) is 4.40 Å². The van der Waals surface area contributed by atoms with Gasteiger partial charge < -0.3 is 0 Å². The molecule has 2 unspecified atom stereocenters. The van der Waals surface area contributed by atoms with Crippen molar-refractivity contribution in [2.75, 3.05) is 0 Å². The first-order valence-electron chi connectivity index (χ1n) is 11.5. The van der Waals surface area contributed by atoms with Gasteiger partial charge in [0.25, 0.3) is 0 Å². The normalized spacial score (nSPS) is 20.3. The van der Waals surface area contributed by atoms with E-state index in [-0.39, 0.29) is 0 Å². The highest BCUT2D eigenvalue weighted by Gasteiger charge is 2.24. The van der Waals surface area contributed by atoms with Crippen LogP contribution in [0.4, 0.5) is 0 Å². The van der Waals surface area contributed by atoms with Crippen molar-refractivity contribution >= 4 is 39.7 Å². The Labute approximate surface area is 188 Å². The van der Waals surface area contributed by atoms with Crippen LogP contribution >= 0.6 is 0 Å². The second-order valence-electron chi connectivity index (χ2n) is 8.80. The molecule has 2 aliphatic rings. The molecule has 2 aliphatic carbocycles. The fraction of sp³-hybridized carbons (Fsp3) is 0.167. The third kappa shape index (κ3) is 2.83. The van der Waals surface area contributed by atoms with Crippen molar-refractivity contribution < 1.29 is 0 Å². The predicted molar refractivity (Wildman–Crippen MR) is 137 cm³/mol. The third-order valence-electron chi connectivity index (χ3n) is 6.99. The van der Waals surface area contributed by atoms with E-state index in [1.165, 1.54) is 34.0 Å². The summed E-state index contributed by atoms with van der Waals surface area (Å²) in [4.78, 5) is 5.00. The maximum Gasteiger partial charge on any atom is 0.146 e. The standard InChI is InChI=1S/C30H26N2/c1-3-9-25-24(4-2)30-31-27-12-7-8-13-28(27)32(30)29-19-23(16-17-26(25)29)22-15-14-20-10-5-6-11-21(20)18-22/h3-10,12-17,19,21-22H,2,11,18H2,1H3/b9-3-. The summed E-state index contributed by atoms with van der Waals surface area (Å²) in [5.41, 5.74) is 9.46. The number of fused-ring (bicyclic) bond motifs is 6. The van der Waals surface area contributed by atoms with Gasteiger partial charge >= 0.3 is 0 Å². The molecule has 0 amide bonds. The van der Waals surface area contributed by atoms with Crippen molar-refractivity contribution in [1.82, 2.24) is 9.38 Å². The van der Waals surface area contributed by atoms with E-state index in [1.54, 1.807) is 0 Å². The Morgan fingerprint density at radius 1 is 1.09 bits per heavy atom. The zero-order valence-corrected chi connectivity index (χ0v) is 18.3. The molecule has 32 heavy (non-hydrogen) atoms. The average Bonchev–Trinajstić information content (AvgIpc) is 3.23. The number of rotatable bonds is 3. The van der Waals surface area contributed by atoms with E-state index in [0.717, 1.165) is 28.7 Å². The minimum Gasteiger partial charge on any atom is -0.292 e. The lowest BCUT2D eigenvalue weighted by Gasteiger charge is -2.28. The largest absolute Gasteiger partial charge is 0.292 e. The molecule has 2 nitrogen and oxygen atoms in total. The summed E-state index contributed by atoms with van der Waals surface area (Å²) in [6.07, 6.45) is 20.0. The molecule has 0 aliphatic heterocycles. The zero-order valence-electron chi connectivity index (χ0n) is 18.3. The van der Waals surface area contributed by atoms with Gasteiger partial charge in [-0.05, 0) is 60.6 Å². The summed E-state index contributed by atoms with van der Waals surface area (Å²) in [5.74, 6) is 1.06. The van der Waals surface area contributed by atoms with Crippen LogP contribution in [0.25, 0.3) is 39.7 Å². The van der Waals surface area contributed by atoms with Gasteiger partial charge in [-0.2, -0.15) is 0 Å². The molecule has 2 heterocycles. The molecule has 6 rings (SSSR count). The molecule has 0 N–H and O–H groups in total. The van der Waals surface area contributed by atoms with Crippen LogP contribution in [-0.2, 0) is 0 Å². The zero-order chi connectivity index (χ0) is 21.7. The second kappa shape index (κ2) is 7.49. The van der Waals surface area contributed by atoms with Crippen LogP contribution in [0.2, 0.25) is 0 Å². The Kier molecular flexibility index (Phi) is 4.46. The first kappa shape index (κ1) is 19.1. The van der Waals surface area contributed by atoms with E-state index in [1.807, 2.05) is 6.08 Å². The number of aromatic nitrogens is 2. The maximum absolute atomic E-state index is 5.00. The monoisotopic (exact) mass is 414 g/mol. The topological polar surface area (TPSA) is 17.3 Å². The first-order chi connectivity index (χ1) is 15.8. The van der Waals surface area contributed by atoms with Crippen LogP contribution < -0.4 is 0 Å². The van der Waals surface area contributed by atoms with Crippen LogP contribution in [0.15, 0.2) is 91.1 Å². The first-order valence-corrected chi connectivity index (χ1v) is 11.5. The SMILES string of the molecule is C=Cc1c(/C=C\C)c2ccc(C3C=CC4=CC=CCC4C3)cc2n2c1nc1ccccc12. The van der Waals surface area contributed by atoms with E-state index >= 15 is 0 Å². The quantitative estimate of drug-likeness (QED) is 0.333. The van der Waals surface area contributed by atoms with Gasteiger partial charge in [-0.15, -0.1) is 0 Å². The van der Waals surface area contributed by atoms with Crippen molar-refractivity contribution in [3.8, 4) is 0 Å². The molecule has 156 valence electrons. The fourth-order valence-electron chi connectivity index (χ4n) is 5.43. The van der Waals surface area contributed by atoms with Gasteiger partial charge in [0.15, 0.2) is 0 Å². The summed E-state index contributed by atoms with van der Waals surface area (Å²) in [6.45, 7) is 6.19. The Bertz CT molecular complexity index is 1510. The molecule has 0 saturated carbocycles. The van der Waals surface area contributed by atoms with E-state index in [9.17, 15) is 0 Å². The number of nitrogens with zero attached hydrogens (tertiary/aromatic N) is 2. The van der Waals surface area contributed by atoms with E-state index in [4.69, 9.17) is 4.98 Å². The Hall–Kier alpha value is -3.65. The number of imidazole rings is 1. The lowest BCUT2D eigenvalue weighted by atomic mass is 9.76. The van der Waals surface area contributed by atoms with E-state index in [2.05, 4.69) is 103 Å². The average molecular weight is 415 g/mol. The van der Waals surface area contributed by atoms with Gasteiger partial charge in [0.2, 0.25) is 0 Å². The molecular formula is C30H26N2. The Morgan fingerprint density at radius 3 is 2.88 bits per heavy atom. The molecule has 2 aromatic carbocycles. The van der Waals surface area contributed by atoms with Gasteiger partial charge in [0.1, 0.15) is 5.65 Å². The molecule has 0 bridgehead atoms. The minimum absolute atomic E-state index is 0.433. The van der Waals surface area contributed by atoms with Crippen molar-refractivity contribution in [3.63, 3.8) is 0 Å². The van der Waals surface area contributed by atoms with Gasteiger partial charge in [0, 0.05) is 16.9 Å². The van der Waals surface area contributed by atoms with Crippen LogP contribution in [0.1, 0.15) is 42.4 Å². The summed E-state index contributed by atoms with van der Waals surface area (Å²) in [7, 11) is 0. The predicted octanol–water partition coefficient (Wildman–Crippen LogP) is 7.86. The summed E-state index contributed by atoms with van der Waals surface area (Å²) in [6, 6.07) is 15.4. The molecule has 0 radical (unpaired) electrons. The highest BCUT2D eigenvalue weighted by Crippen LogP contribution is 2.40. The van der Waals surface area contributed by atoms with Crippen molar-refractivity contribution in [2.24, 2.45) is 5.92 Å². The minimum atomic E-state index is 0.433. The number of benzene rings is 2. The van der Waals surface area contributed by atoms with Crippen LogP contribution in [-0.4, -0.2) is 9.38 Å². The molecule has 0 spiro atoms. The van der Waals surface area contributed by atoms with E-state index < -0.39 is 0 Å². The summed E-state index contributed by atoms with van der Waals surface area (Å²) in [5, 5.41) is 1.23. The molecule has 0 fully saturated rings. The van der Waals surface area contributed by atoms with Gasteiger partial charge in [-0.1, -0.05) is 79.5 Å². The number of para-hydroxylation sites is 2. The highest BCUT2D eigenvalue weighted by atomic mass is 15.0. The van der Waals surface area contributed by atoms with Crippen LogP contribution in [0.5, 0.6) is 0 Å². The molecule has 2 atom stereocenters.